The molecule has 0 aliphatic heterocycles. The van der Waals surface area contributed by atoms with Crippen LogP contribution in [-0.2, 0) is 0 Å². The Kier molecular flexibility index (Phi) is 4.18. The third kappa shape index (κ3) is 3.61. The quantitative estimate of drug-likeness (QED) is 0.703. The van der Waals surface area contributed by atoms with E-state index in [1.165, 1.54) is 0 Å². The fourth-order valence-electron chi connectivity index (χ4n) is 0.901. The number of pyridine rings is 1. The average Bonchev–Trinajstić information content (AvgIpc) is 2.15. The van der Waals surface area contributed by atoms with Gasteiger partial charge in [-0.15, -0.1) is 0 Å². The molecular weight excluding hydrogens is 248 g/mol. The predicted molar refractivity (Wildman–Crippen MR) is 58.0 cm³/mol. The Morgan fingerprint density at radius 1 is 1.57 bits per heavy atom. The minimum absolute atomic E-state index is 0.490. The second-order valence-electron chi connectivity index (χ2n) is 2.57. The molecule has 4 N–H and O–H groups in total. The van der Waals surface area contributed by atoms with Crippen LogP contribution in [0, 0.1) is 0 Å². The van der Waals surface area contributed by atoms with Gasteiger partial charge in [-0.2, -0.15) is 0 Å². The van der Waals surface area contributed by atoms with Gasteiger partial charge in [-0.25, -0.2) is 4.79 Å². The number of primary amides is 1. The molecule has 0 saturated carbocycles. The second-order valence-corrected chi connectivity index (χ2v) is 3.43. The molecule has 0 atom stereocenters. The van der Waals surface area contributed by atoms with Gasteiger partial charge in [0.1, 0.15) is 0 Å². The number of nitrogens with zero attached hydrogens (tertiary/aromatic N) is 1. The molecule has 0 fully saturated rings. The molecular formula is C8H11BrN4O. The monoisotopic (exact) mass is 258 g/mol. The molecule has 1 aromatic heterocycles. The fourth-order valence-corrected chi connectivity index (χ4v) is 1.29. The Morgan fingerprint density at radius 3 is 3.00 bits per heavy atom. The van der Waals surface area contributed by atoms with E-state index < -0.39 is 6.03 Å². The lowest BCUT2D eigenvalue weighted by molar-refractivity contribution is 0.249. The number of urea groups is 1. The molecule has 14 heavy (non-hydrogen) atoms. The molecule has 0 aromatic carbocycles. The van der Waals surface area contributed by atoms with Gasteiger partial charge in [0.15, 0.2) is 0 Å². The molecule has 6 heteroatoms. The highest BCUT2D eigenvalue weighted by atomic mass is 79.9. The van der Waals surface area contributed by atoms with E-state index in [9.17, 15) is 4.79 Å². The number of hydrogen-bond acceptors (Lipinski definition) is 3. The van der Waals surface area contributed by atoms with Gasteiger partial charge in [0.25, 0.3) is 0 Å². The third-order valence-electron chi connectivity index (χ3n) is 1.51. The lowest BCUT2D eigenvalue weighted by Crippen LogP contribution is -2.33. The lowest BCUT2D eigenvalue weighted by atomic mass is 10.4. The first-order valence-corrected chi connectivity index (χ1v) is 4.86. The van der Waals surface area contributed by atoms with Crippen LogP contribution < -0.4 is 16.4 Å². The van der Waals surface area contributed by atoms with E-state index in [0.717, 1.165) is 10.2 Å². The van der Waals surface area contributed by atoms with Gasteiger partial charge in [-0.1, -0.05) is 0 Å². The summed E-state index contributed by atoms with van der Waals surface area (Å²) in [4.78, 5) is 14.3. The molecule has 0 aliphatic carbocycles. The van der Waals surface area contributed by atoms with Crippen molar-refractivity contribution in [2.24, 2.45) is 5.73 Å². The van der Waals surface area contributed by atoms with Crippen LogP contribution in [-0.4, -0.2) is 24.1 Å². The van der Waals surface area contributed by atoms with Crippen molar-refractivity contribution < 1.29 is 4.79 Å². The largest absolute Gasteiger partial charge is 0.382 e. The molecule has 0 radical (unpaired) electrons. The van der Waals surface area contributed by atoms with Gasteiger partial charge in [0.05, 0.1) is 10.2 Å². The van der Waals surface area contributed by atoms with Crippen molar-refractivity contribution in [3.8, 4) is 0 Å². The molecule has 76 valence electrons. The molecule has 5 nitrogen and oxygen atoms in total. The van der Waals surface area contributed by atoms with Crippen LogP contribution >= 0.6 is 15.9 Å². The minimum atomic E-state index is -0.513. The zero-order chi connectivity index (χ0) is 10.4. The van der Waals surface area contributed by atoms with Crippen LogP contribution in [0.25, 0.3) is 0 Å². The summed E-state index contributed by atoms with van der Waals surface area (Å²) in [5, 5.41) is 5.59. The van der Waals surface area contributed by atoms with Crippen LogP contribution in [0.5, 0.6) is 0 Å². The summed E-state index contributed by atoms with van der Waals surface area (Å²) >= 11 is 3.34. The molecule has 1 rings (SSSR count). The van der Waals surface area contributed by atoms with E-state index in [-0.39, 0.29) is 0 Å². The normalized spacial score (nSPS) is 9.50. The van der Waals surface area contributed by atoms with Gasteiger partial charge in [-0.3, -0.25) is 4.98 Å². The summed E-state index contributed by atoms with van der Waals surface area (Å²) in [6, 6.07) is 1.33. The number of nitrogens with two attached hydrogens (primary N) is 1. The number of rotatable bonds is 4. The van der Waals surface area contributed by atoms with Crippen molar-refractivity contribution in [1.29, 1.82) is 0 Å². The fraction of sp³-hybridized carbons (Fsp3) is 0.250. The van der Waals surface area contributed by atoms with Crippen LogP contribution in [0.15, 0.2) is 22.9 Å². The number of carbonyl (C=O) groups excluding carboxylic acids is 1. The Hall–Kier alpha value is -1.30. The van der Waals surface area contributed by atoms with Gasteiger partial charge < -0.3 is 16.4 Å². The molecule has 2 amide bonds. The highest BCUT2D eigenvalue weighted by Crippen LogP contribution is 2.19. The standard InChI is InChI=1S/C8H11BrN4O/c9-6-5-11-2-1-7(6)12-3-4-13-8(10)14/h1-2,5H,3-4H2,(H,11,12)(H3,10,13,14). The number of hydrogen-bond donors (Lipinski definition) is 3. The maximum Gasteiger partial charge on any atom is 0.312 e. The Morgan fingerprint density at radius 2 is 2.36 bits per heavy atom. The molecule has 0 bridgehead atoms. The van der Waals surface area contributed by atoms with E-state index in [4.69, 9.17) is 5.73 Å². The number of aromatic nitrogens is 1. The lowest BCUT2D eigenvalue weighted by Gasteiger charge is -2.07. The third-order valence-corrected chi connectivity index (χ3v) is 2.14. The summed E-state index contributed by atoms with van der Waals surface area (Å²) in [6.45, 7) is 1.11. The molecule has 1 aromatic rings. The second kappa shape index (κ2) is 5.43. The van der Waals surface area contributed by atoms with E-state index in [2.05, 4.69) is 31.5 Å². The summed E-state index contributed by atoms with van der Waals surface area (Å²) in [5.41, 5.74) is 5.84. The van der Waals surface area contributed by atoms with Crippen LogP contribution in [0.1, 0.15) is 0 Å². The zero-order valence-corrected chi connectivity index (χ0v) is 9.04. The zero-order valence-electron chi connectivity index (χ0n) is 7.46. The first-order chi connectivity index (χ1) is 6.70. The minimum Gasteiger partial charge on any atom is -0.382 e. The number of anilines is 1. The summed E-state index contributed by atoms with van der Waals surface area (Å²) in [5.74, 6) is 0. The van der Waals surface area contributed by atoms with E-state index in [1.54, 1.807) is 12.4 Å². The van der Waals surface area contributed by atoms with Crippen LogP contribution in [0.4, 0.5) is 10.5 Å². The number of nitrogens with one attached hydrogen (secondary N) is 2. The van der Waals surface area contributed by atoms with E-state index in [0.29, 0.717) is 13.1 Å². The predicted octanol–water partition coefficient (Wildman–Crippen LogP) is 0.924. The van der Waals surface area contributed by atoms with Crippen molar-refractivity contribution in [1.82, 2.24) is 10.3 Å². The highest BCUT2D eigenvalue weighted by molar-refractivity contribution is 9.10. The van der Waals surface area contributed by atoms with Crippen molar-refractivity contribution in [2.75, 3.05) is 18.4 Å². The van der Waals surface area contributed by atoms with Gasteiger partial charge in [0.2, 0.25) is 0 Å². The maximum atomic E-state index is 10.3. The first kappa shape index (κ1) is 10.8. The molecule has 0 spiro atoms. The molecule has 0 aliphatic rings. The van der Waals surface area contributed by atoms with Gasteiger partial charge in [-0.05, 0) is 22.0 Å². The molecule has 0 saturated heterocycles. The smallest absolute Gasteiger partial charge is 0.312 e. The van der Waals surface area contributed by atoms with Crippen molar-refractivity contribution >= 4 is 27.6 Å². The van der Waals surface area contributed by atoms with Crippen molar-refractivity contribution in [2.45, 2.75) is 0 Å². The van der Waals surface area contributed by atoms with Gasteiger partial charge in [0, 0.05) is 25.5 Å². The van der Waals surface area contributed by atoms with Crippen molar-refractivity contribution in [3.63, 3.8) is 0 Å². The Balaban J connectivity index is 2.31. The Bertz CT molecular complexity index is 318. The maximum absolute atomic E-state index is 10.3. The topological polar surface area (TPSA) is 80.0 Å². The Labute approximate surface area is 90.2 Å². The van der Waals surface area contributed by atoms with Crippen LogP contribution in [0.2, 0.25) is 0 Å². The number of carbonyl (C=O) groups is 1. The summed E-state index contributed by atoms with van der Waals surface area (Å²) in [7, 11) is 0. The van der Waals surface area contributed by atoms with Gasteiger partial charge >= 0.3 is 6.03 Å². The van der Waals surface area contributed by atoms with Crippen molar-refractivity contribution in [3.05, 3.63) is 22.9 Å². The van der Waals surface area contributed by atoms with E-state index in [1.807, 2.05) is 6.07 Å². The molecule has 0 unspecified atom stereocenters. The van der Waals surface area contributed by atoms with E-state index >= 15 is 0 Å². The SMILES string of the molecule is NC(=O)NCCNc1ccncc1Br. The summed E-state index contributed by atoms with van der Waals surface area (Å²) in [6.07, 6.45) is 3.39. The summed E-state index contributed by atoms with van der Waals surface area (Å²) < 4.78 is 0.888. The highest BCUT2D eigenvalue weighted by Gasteiger charge is 1.97. The average molecular weight is 259 g/mol. The molecule has 1 heterocycles. The number of amides is 2. The number of halogens is 1. The first-order valence-electron chi connectivity index (χ1n) is 4.07. The van der Waals surface area contributed by atoms with Crippen LogP contribution in [0.3, 0.4) is 0 Å².